The Morgan fingerprint density at radius 1 is 1.33 bits per heavy atom. The van der Waals surface area contributed by atoms with Gasteiger partial charge in [-0.05, 0) is 31.0 Å². The second-order valence-corrected chi connectivity index (χ2v) is 6.52. The van der Waals surface area contributed by atoms with E-state index in [0.717, 1.165) is 30.2 Å². The van der Waals surface area contributed by atoms with E-state index in [2.05, 4.69) is 21.2 Å². The molecule has 1 aromatic rings. The van der Waals surface area contributed by atoms with E-state index in [9.17, 15) is 4.79 Å². The van der Waals surface area contributed by atoms with Gasteiger partial charge >= 0.3 is 0 Å². The second-order valence-electron chi connectivity index (χ2n) is 5.20. The number of hydrogen-bond acceptors (Lipinski definition) is 1. The van der Waals surface area contributed by atoms with Gasteiger partial charge in [0, 0.05) is 9.89 Å². The molecule has 0 saturated heterocycles. The van der Waals surface area contributed by atoms with Gasteiger partial charge in [0.15, 0.2) is 0 Å². The first kappa shape index (κ1) is 13.9. The lowest BCUT2D eigenvalue weighted by molar-refractivity contribution is -0.126. The Balaban J connectivity index is 2.13. The third kappa shape index (κ3) is 3.07. The summed E-state index contributed by atoms with van der Waals surface area (Å²) in [6, 6.07) is 5.48. The molecule has 2 nitrogen and oxygen atoms in total. The Labute approximate surface area is 121 Å². The Morgan fingerprint density at radius 3 is 2.67 bits per heavy atom. The van der Waals surface area contributed by atoms with Crippen LogP contribution in [0.25, 0.3) is 0 Å². The molecule has 1 aliphatic carbocycles. The lowest BCUT2D eigenvalue weighted by atomic mass is 9.75. The maximum atomic E-state index is 12.4. The number of carbonyl (C=O) groups is 1. The van der Waals surface area contributed by atoms with E-state index >= 15 is 0 Å². The van der Waals surface area contributed by atoms with Crippen LogP contribution in [0, 0.1) is 5.41 Å². The highest BCUT2D eigenvalue weighted by Crippen LogP contribution is 2.37. The first-order chi connectivity index (χ1) is 8.51. The zero-order valence-electron chi connectivity index (χ0n) is 10.4. The molecular formula is C14H17BrClNO. The van der Waals surface area contributed by atoms with Crippen molar-refractivity contribution in [3.8, 4) is 0 Å². The molecule has 0 bridgehead atoms. The van der Waals surface area contributed by atoms with Crippen molar-refractivity contribution in [1.29, 1.82) is 0 Å². The van der Waals surface area contributed by atoms with Crippen LogP contribution in [0.3, 0.4) is 0 Å². The Morgan fingerprint density at radius 2 is 2.00 bits per heavy atom. The third-order valence-electron chi connectivity index (χ3n) is 3.68. The highest BCUT2D eigenvalue weighted by molar-refractivity contribution is 9.10. The average Bonchev–Trinajstić information content (AvgIpc) is 2.35. The van der Waals surface area contributed by atoms with Gasteiger partial charge < -0.3 is 5.32 Å². The summed E-state index contributed by atoms with van der Waals surface area (Å²) in [4.78, 5) is 12.4. The molecule has 0 atom stereocenters. The number of carbonyl (C=O) groups excluding carboxylic acids is 1. The van der Waals surface area contributed by atoms with E-state index in [1.54, 1.807) is 6.07 Å². The summed E-state index contributed by atoms with van der Waals surface area (Å²) in [6.45, 7) is 2.05. The van der Waals surface area contributed by atoms with Crippen molar-refractivity contribution in [2.75, 3.05) is 5.32 Å². The van der Waals surface area contributed by atoms with Crippen LogP contribution in [0.15, 0.2) is 22.7 Å². The van der Waals surface area contributed by atoms with Gasteiger partial charge in [0.05, 0.1) is 10.7 Å². The molecule has 0 unspecified atom stereocenters. The highest BCUT2D eigenvalue weighted by Gasteiger charge is 2.34. The molecule has 0 aliphatic heterocycles. The molecule has 0 radical (unpaired) electrons. The molecular weight excluding hydrogens is 314 g/mol. The summed E-state index contributed by atoms with van der Waals surface area (Å²) >= 11 is 9.47. The summed E-state index contributed by atoms with van der Waals surface area (Å²) in [6.07, 6.45) is 5.43. The molecule has 0 heterocycles. The van der Waals surface area contributed by atoms with Crippen LogP contribution in [0.1, 0.15) is 39.0 Å². The summed E-state index contributed by atoms with van der Waals surface area (Å²) in [5, 5.41) is 3.54. The van der Waals surface area contributed by atoms with Gasteiger partial charge in [0.2, 0.25) is 5.91 Å². The topological polar surface area (TPSA) is 29.1 Å². The van der Waals surface area contributed by atoms with Crippen molar-refractivity contribution in [2.24, 2.45) is 5.41 Å². The van der Waals surface area contributed by atoms with Crippen LogP contribution in [-0.2, 0) is 4.79 Å². The maximum absolute atomic E-state index is 12.4. The van der Waals surface area contributed by atoms with Crippen LogP contribution in [0.4, 0.5) is 5.69 Å². The van der Waals surface area contributed by atoms with E-state index in [4.69, 9.17) is 11.6 Å². The summed E-state index contributed by atoms with van der Waals surface area (Å²) in [7, 11) is 0. The quantitative estimate of drug-likeness (QED) is 0.811. The molecule has 1 saturated carbocycles. The van der Waals surface area contributed by atoms with E-state index < -0.39 is 0 Å². The summed E-state index contributed by atoms with van der Waals surface area (Å²) in [5.41, 5.74) is 0.437. The minimum Gasteiger partial charge on any atom is -0.324 e. The van der Waals surface area contributed by atoms with Crippen molar-refractivity contribution in [1.82, 2.24) is 0 Å². The summed E-state index contributed by atoms with van der Waals surface area (Å²) in [5.74, 6) is 0.0854. The molecule has 1 aliphatic rings. The van der Waals surface area contributed by atoms with Crippen LogP contribution >= 0.6 is 27.5 Å². The SMILES string of the molecule is CC1(C(=O)Nc2cc(Br)ccc2Cl)CCCCC1. The van der Waals surface area contributed by atoms with Crippen molar-refractivity contribution >= 4 is 39.1 Å². The van der Waals surface area contributed by atoms with Gasteiger partial charge in [-0.1, -0.05) is 53.7 Å². The van der Waals surface area contributed by atoms with Gasteiger partial charge in [-0.3, -0.25) is 4.79 Å². The van der Waals surface area contributed by atoms with E-state index in [-0.39, 0.29) is 11.3 Å². The number of amides is 1. The second kappa shape index (κ2) is 5.62. The normalized spacial score (nSPS) is 18.4. The summed E-state index contributed by atoms with van der Waals surface area (Å²) < 4.78 is 0.913. The Bertz CT molecular complexity index is 455. The number of benzene rings is 1. The van der Waals surface area contributed by atoms with E-state index in [1.165, 1.54) is 6.42 Å². The standard InChI is InChI=1S/C14H17BrClNO/c1-14(7-3-2-4-8-14)13(18)17-12-9-10(15)5-6-11(12)16/h5-6,9H,2-4,7-8H2,1H3,(H,17,18). The lowest BCUT2D eigenvalue weighted by Crippen LogP contribution is -2.35. The lowest BCUT2D eigenvalue weighted by Gasteiger charge is -2.32. The van der Waals surface area contributed by atoms with Gasteiger partial charge in [-0.15, -0.1) is 0 Å². The van der Waals surface area contributed by atoms with E-state index in [1.807, 2.05) is 19.1 Å². The highest BCUT2D eigenvalue weighted by atomic mass is 79.9. The first-order valence-corrected chi connectivity index (χ1v) is 7.45. The van der Waals surface area contributed by atoms with Crippen LogP contribution in [0.5, 0.6) is 0 Å². The van der Waals surface area contributed by atoms with Crippen LogP contribution < -0.4 is 5.32 Å². The molecule has 1 N–H and O–H groups in total. The molecule has 1 amide bonds. The van der Waals surface area contributed by atoms with Crippen molar-refractivity contribution in [3.63, 3.8) is 0 Å². The predicted molar refractivity (Wildman–Crippen MR) is 79.0 cm³/mol. The van der Waals surface area contributed by atoms with Gasteiger partial charge in [-0.2, -0.15) is 0 Å². The fourth-order valence-electron chi connectivity index (χ4n) is 2.43. The predicted octanol–water partition coefficient (Wildman–Crippen LogP) is 5.01. The van der Waals surface area contributed by atoms with Gasteiger partial charge in [0.1, 0.15) is 0 Å². The van der Waals surface area contributed by atoms with Crippen molar-refractivity contribution in [3.05, 3.63) is 27.7 Å². The van der Waals surface area contributed by atoms with Crippen molar-refractivity contribution < 1.29 is 4.79 Å². The molecule has 0 spiro atoms. The third-order valence-corrected chi connectivity index (χ3v) is 4.50. The maximum Gasteiger partial charge on any atom is 0.230 e. The molecule has 2 rings (SSSR count). The fraction of sp³-hybridized carbons (Fsp3) is 0.500. The number of halogens is 2. The van der Waals surface area contributed by atoms with Crippen molar-refractivity contribution in [2.45, 2.75) is 39.0 Å². The van der Waals surface area contributed by atoms with Gasteiger partial charge in [-0.25, -0.2) is 0 Å². The zero-order valence-corrected chi connectivity index (χ0v) is 12.8. The average molecular weight is 331 g/mol. The molecule has 98 valence electrons. The Kier molecular flexibility index (Phi) is 4.33. The van der Waals surface area contributed by atoms with Crippen LogP contribution in [0.2, 0.25) is 5.02 Å². The number of anilines is 1. The largest absolute Gasteiger partial charge is 0.324 e. The van der Waals surface area contributed by atoms with E-state index in [0.29, 0.717) is 10.7 Å². The number of nitrogens with one attached hydrogen (secondary N) is 1. The number of hydrogen-bond donors (Lipinski definition) is 1. The first-order valence-electron chi connectivity index (χ1n) is 6.28. The molecule has 1 fully saturated rings. The molecule has 4 heteroatoms. The zero-order chi connectivity index (χ0) is 13.2. The molecule has 1 aromatic carbocycles. The smallest absolute Gasteiger partial charge is 0.230 e. The fourth-order valence-corrected chi connectivity index (χ4v) is 2.95. The molecule has 18 heavy (non-hydrogen) atoms. The minimum absolute atomic E-state index is 0.0854. The van der Waals surface area contributed by atoms with Crippen LogP contribution in [-0.4, -0.2) is 5.91 Å². The van der Waals surface area contributed by atoms with Gasteiger partial charge in [0.25, 0.3) is 0 Å². The Hall–Kier alpha value is -0.540. The molecule has 0 aromatic heterocycles. The monoisotopic (exact) mass is 329 g/mol. The number of rotatable bonds is 2. The minimum atomic E-state index is -0.246.